The summed E-state index contributed by atoms with van der Waals surface area (Å²) >= 11 is 0. The fraction of sp³-hybridized carbons (Fsp3) is 0.333. The molecule has 3 amide bonds. The maximum Gasteiger partial charge on any atom is 0.266 e. The molecule has 2 aromatic rings. The van der Waals surface area contributed by atoms with Crippen LogP contribution in [0.1, 0.15) is 18.5 Å². The lowest BCUT2D eigenvalue weighted by Gasteiger charge is -2.48. The predicted octanol–water partition coefficient (Wildman–Crippen LogP) is 1.46. The normalized spacial score (nSPS) is 35.3. The van der Waals surface area contributed by atoms with Crippen LogP contribution in [0.2, 0.25) is 0 Å². The van der Waals surface area contributed by atoms with E-state index >= 15 is 0 Å². The maximum absolute atomic E-state index is 13.8. The van der Waals surface area contributed by atoms with Crippen LogP contribution in [0.5, 0.6) is 0 Å². The van der Waals surface area contributed by atoms with Gasteiger partial charge in [0.2, 0.25) is 17.4 Å². The fourth-order valence-electron chi connectivity index (χ4n) is 5.85. The number of Topliss-reactive ketones (excluding diaryl/α,β-unsaturated/α-hetero) is 1. The number of ketones is 1. The molecule has 6 rings (SSSR count). The molecule has 2 bridgehead atoms. The van der Waals surface area contributed by atoms with Gasteiger partial charge in [-0.2, -0.15) is 0 Å². The largest absolute Gasteiger partial charge is 0.374 e. The molecule has 4 aliphatic rings. The molecular weight excluding hydrogens is 412 g/mol. The Kier molecular flexibility index (Phi) is 3.83. The average Bonchev–Trinajstić information content (AvgIpc) is 3.37. The monoisotopic (exact) mass is 432 g/mol. The first kappa shape index (κ1) is 19.3. The number of anilines is 1. The molecule has 0 saturated carbocycles. The number of fused-ring (bicyclic) bond motifs is 3. The number of amides is 3. The first-order chi connectivity index (χ1) is 15.4. The minimum atomic E-state index is -2.03. The van der Waals surface area contributed by atoms with Gasteiger partial charge in [0.25, 0.3) is 5.91 Å². The SMILES string of the molecule is CC(=O)[C@]12O[C@@]3(COC[C@H](c4ccccc4)N3C1=O)[C@H]1C(=O)N(c3ccccc3)C(=O)[C@H]12. The van der Waals surface area contributed by atoms with Crippen molar-refractivity contribution in [1.29, 1.82) is 0 Å². The third-order valence-corrected chi connectivity index (χ3v) is 7.13. The minimum absolute atomic E-state index is 0.0834. The third kappa shape index (κ3) is 2.09. The Balaban J connectivity index is 1.53. The smallest absolute Gasteiger partial charge is 0.266 e. The summed E-state index contributed by atoms with van der Waals surface area (Å²) in [4.78, 5) is 56.6. The molecule has 4 aliphatic heterocycles. The summed E-state index contributed by atoms with van der Waals surface area (Å²) in [7, 11) is 0. The summed E-state index contributed by atoms with van der Waals surface area (Å²) in [6.45, 7) is 1.37. The molecule has 0 aromatic heterocycles. The average molecular weight is 432 g/mol. The van der Waals surface area contributed by atoms with E-state index in [0.717, 1.165) is 10.5 Å². The van der Waals surface area contributed by atoms with Crippen LogP contribution in [0.3, 0.4) is 0 Å². The van der Waals surface area contributed by atoms with E-state index in [9.17, 15) is 19.2 Å². The number of rotatable bonds is 3. The van der Waals surface area contributed by atoms with Crippen LogP contribution in [-0.2, 0) is 28.7 Å². The highest BCUT2D eigenvalue weighted by Gasteiger charge is 2.85. The number of nitrogens with zero attached hydrogens (tertiary/aromatic N) is 2. The zero-order valence-electron chi connectivity index (χ0n) is 17.3. The molecule has 5 atom stereocenters. The zero-order valence-corrected chi connectivity index (χ0v) is 17.3. The third-order valence-electron chi connectivity index (χ3n) is 7.13. The first-order valence-corrected chi connectivity index (χ1v) is 10.5. The number of hydrogen-bond donors (Lipinski definition) is 0. The second-order valence-corrected chi connectivity index (χ2v) is 8.66. The lowest BCUT2D eigenvalue weighted by atomic mass is 9.71. The first-order valence-electron chi connectivity index (χ1n) is 10.5. The Bertz CT molecular complexity index is 1170. The van der Waals surface area contributed by atoms with Gasteiger partial charge in [0.05, 0.1) is 24.9 Å². The van der Waals surface area contributed by atoms with Crippen molar-refractivity contribution in [3.05, 3.63) is 66.2 Å². The van der Waals surface area contributed by atoms with E-state index in [1.165, 1.54) is 11.8 Å². The molecule has 32 heavy (non-hydrogen) atoms. The number of hydrogen-bond acceptors (Lipinski definition) is 6. The summed E-state index contributed by atoms with van der Waals surface area (Å²) < 4.78 is 12.1. The summed E-state index contributed by atoms with van der Waals surface area (Å²) in [6.07, 6.45) is 0. The number of imide groups is 1. The second kappa shape index (κ2) is 6.34. The number of piperidine rings is 1. The van der Waals surface area contributed by atoms with Crippen molar-refractivity contribution >= 4 is 29.2 Å². The van der Waals surface area contributed by atoms with E-state index in [-0.39, 0.29) is 13.2 Å². The molecule has 0 N–H and O–H groups in total. The highest BCUT2D eigenvalue weighted by molar-refractivity contribution is 6.28. The van der Waals surface area contributed by atoms with Crippen LogP contribution in [0.4, 0.5) is 5.69 Å². The second-order valence-electron chi connectivity index (χ2n) is 8.66. The van der Waals surface area contributed by atoms with E-state index < -0.39 is 52.7 Å². The molecule has 0 radical (unpaired) electrons. The molecule has 4 saturated heterocycles. The highest BCUT2D eigenvalue weighted by atomic mass is 16.6. The van der Waals surface area contributed by atoms with E-state index in [4.69, 9.17) is 9.47 Å². The number of carbonyl (C=O) groups excluding carboxylic acids is 4. The van der Waals surface area contributed by atoms with Crippen LogP contribution < -0.4 is 4.90 Å². The van der Waals surface area contributed by atoms with Crippen molar-refractivity contribution in [1.82, 2.24) is 4.90 Å². The Morgan fingerprint density at radius 1 is 0.938 bits per heavy atom. The lowest BCUT2D eigenvalue weighted by molar-refractivity contribution is -0.206. The number of carbonyl (C=O) groups is 4. The van der Waals surface area contributed by atoms with Crippen LogP contribution in [0.15, 0.2) is 60.7 Å². The van der Waals surface area contributed by atoms with Crippen LogP contribution in [0, 0.1) is 11.8 Å². The van der Waals surface area contributed by atoms with Gasteiger partial charge < -0.3 is 9.47 Å². The summed E-state index contributed by atoms with van der Waals surface area (Å²) in [5.41, 5.74) is -2.32. The molecule has 8 nitrogen and oxygen atoms in total. The summed E-state index contributed by atoms with van der Waals surface area (Å²) in [6, 6.07) is 17.3. The topological polar surface area (TPSA) is 93.2 Å². The summed E-state index contributed by atoms with van der Waals surface area (Å²) in [5, 5.41) is 0. The Labute approximate surface area is 183 Å². The van der Waals surface area contributed by atoms with Crippen molar-refractivity contribution in [2.24, 2.45) is 11.8 Å². The van der Waals surface area contributed by atoms with E-state index in [1.807, 2.05) is 30.3 Å². The molecule has 2 aromatic carbocycles. The van der Waals surface area contributed by atoms with Gasteiger partial charge in [-0.05, 0) is 24.6 Å². The van der Waals surface area contributed by atoms with Crippen LogP contribution >= 0.6 is 0 Å². The lowest BCUT2D eigenvalue weighted by Crippen LogP contribution is -2.66. The summed E-state index contributed by atoms with van der Waals surface area (Å²) in [5.74, 6) is -4.46. The Morgan fingerprint density at radius 3 is 2.22 bits per heavy atom. The van der Waals surface area contributed by atoms with E-state index in [1.54, 1.807) is 30.3 Å². The van der Waals surface area contributed by atoms with Crippen LogP contribution in [-0.4, -0.2) is 52.9 Å². The fourth-order valence-corrected chi connectivity index (χ4v) is 5.85. The van der Waals surface area contributed by atoms with Crippen molar-refractivity contribution in [3.63, 3.8) is 0 Å². The Hall–Kier alpha value is -3.36. The molecular formula is C24H20N2O6. The van der Waals surface area contributed by atoms with Gasteiger partial charge in [-0.3, -0.25) is 24.1 Å². The quantitative estimate of drug-likeness (QED) is 0.539. The van der Waals surface area contributed by atoms with Crippen molar-refractivity contribution < 1.29 is 28.7 Å². The van der Waals surface area contributed by atoms with Gasteiger partial charge in [-0.1, -0.05) is 48.5 Å². The minimum Gasteiger partial charge on any atom is -0.374 e. The van der Waals surface area contributed by atoms with Gasteiger partial charge in [-0.25, -0.2) is 4.90 Å². The van der Waals surface area contributed by atoms with Crippen LogP contribution in [0.25, 0.3) is 0 Å². The van der Waals surface area contributed by atoms with Crippen molar-refractivity contribution in [2.45, 2.75) is 24.3 Å². The van der Waals surface area contributed by atoms with Crippen molar-refractivity contribution in [3.8, 4) is 0 Å². The number of morpholine rings is 1. The predicted molar refractivity (Wildman–Crippen MR) is 110 cm³/mol. The number of ether oxygens (including phenoxy) is 2. The molecule has 1 spiro atoms. The Morgan fingerprint density at radius 2 is 1.56 bits per heavy atom. The van der Waals surface area contributed by atoms with E-state index in [2.05, 4.69) is 0 Å². The molecule has 4 fully saturated rings. The molecule has 162 valence electrons. The molecule has 0 unspecified atom stereocenters. The highest BCUT2D eigenvalue weighted by Crippen LogP contribution is 2.62. The number of para-hydroxylation sites is 1. The molecule has 8 heteroatoms. The maximum atomic E-state index is 13.8. The number of benzene rings is 2. The molecule has 4 heterocycles. The van der Waals surface area contributed by atoms with E-state index in [0.29, 0.717) is 5.69 Å². The van der Waals surface area contributed by atoms with Gasteiger partial charge >= 0.3 is 0 Å². The van der Waals surface area contributed by atoms with Gasteiger partial charge in [0, 0.05) is 0 Å². The molecule has 0 aliphatic carbocycles. The van der Waals surface area contributed by atoms with Gasteiger partial charge in [0.15, 0.2) is 11.5 Å². The van der Waals surface area contributed by atoms with Gasteiger partial charge in [-0.15, -0.1) is 0 Å². The van der Waals surface area contributed by atoms with Crippen molar-refractivity contribution in [2.75, 3.05) is 18.1 Å². The standard InChI is InChI=1S/C24H20N2O6/c1-14(27)24-19-18(20(28)25(21(19)29)16-10-6-3-7-11-16)23(32-24)13-31-12-17(26(23)22(24)30)15-8-4-2-5-9-15/h2-11,17-19H,12-13H2,1H3/t17-,18-,19+,23+,24-/m1/s1. The van der Waals surface area contributed by atoms with Gasteiger partial charge in [0.1, 0.15) is 11.8 Å². The zero-order chi connectivity index (χ0) is 22.3.